The lowest BCUT2D eigenvalue weighted by molar-refractivity contribution is 0.0111. The summed E-state index contributed by atoms with van der Waals surface area (Å²) in [7, 11) is 0. The Morgan fingerprint density at radius 3 is 2.67 bits per heavy atom. The van der Waals surface area contributed by atoms with Crippen LogP contribution in [0.2, 0.25) is 0 Å². The van der Waals surface area contributed by atoms with E-state index in [4.69, 9.17) is 9.47 Å². The quantitative estimate of drug-likeness (QED) is 0.616. The molecule has 0 bridgehead atoms. The molecule has 0 fully saturated rings. The molecule has 0 saturated carbocycles. The summed E-state index contributed by atoms with van der Waals surface area (Å²) < 4.78 is 11.1. The van der Waals surface area contributed by atoms with Gasteiger partial charge in [-0.15, -0.1) is 0 Å². The van der Waals surface area contributed by atoms with Crippen molar-refractivity contribution in [3.63, 3.8) is 0 Å². The van der Waals surface area contributed by atoms with Crippen molar-refractivity contribution >= 4 is 0 Å². The number of hydrogen-bond donors (Lipinski definition) is 2. The van der Waals surface area contributed by atoms with Crippen LogP contribution in [-0.4, -0.2) is 37.1 Å². The summed E-state index contributed by atoms with van der Waals surface area (Å²) in [5.41, 5.74) is 1.10. The average molecular weight is 295 g/mol. The van der Waals surface area contributed by atoms with Crippen LogP contribution < -0.4 is 10.1 Å². The molecule has 1 aromatic carbocycles. The molecule has 1 rings (SSSR count). The zero-order valence-electron chi connectivity index (χ0n) is 13.5. The van der Waals surface area contributed by atoms with Crippen LogP contribution in [0.3, 0.4) is 0 Å². The highest BCUT2D eigenvalue weighted by Gasteiger charge is 2.08. The number of aliphatic hydroxyl groups excluding tert-OH is 1. The Labute approximate surface area is 128 Å². The molecule has 2 N–H and O–H groups in total. The highest BCUT2D eigenvalue weighted by Crippen LogP contribution is 2.18. The average Bonchev–Trinajstić information content (AvgIpc) is 2.48. The Bertz CT molecular complexity index is 382. The Hall–Kier alpha value is -1.10. The fourth-order valence-corrected chi connectivity index (χ4v) is 1.80. The molecule has 0 heterocycles. The first-order valence-electron chi connectivity index (χ1n) is 7.83. The summed E-state index contributed by atoms with van der Waals surface area (Å²) in [6.07, 6.45) is 1.54. The molecule has 0 saturated heterocycles. The van der Waals surface area contributed by atoms with Crippen molar-refractivity contribution in [3.05, 3.63) is 29.8 Å². The van der Waals surface area contributed by atoms with E-state index < -0.39 is 6.10 Å². The highest BCUT2D eigenvalue weighted by molar-refractivity contribution is 5.33. The maximum atomic E-state index is 9.85. The molecule has 1 unspecified atom stereocenters. The third-order valence-electron chi connectivity index (χ3n) is 3.06. The van der Waals surface area contributed by atoms with Crippen LogP contribution >= 0.6 is 0 Å². The SMILES string of the molecule is CCCCOCC(O)COc1ccccc1CNC(C)C. The van der Waals surface area contributed by atoms with Crippen LogP contribution in [-0.2, 0) is 11.3 Å². The number of aliphatic hydroxyl groups is 1. The van der Waals surface area contributed by atoms with E-state index in [1.54, 1.807) is 0 Å². The summed E-state index contributed by atoms with van der Waals surface area (Å²) in [6, 6.07) is 8.33. The second kappa shape index (κ2) is 10.6. The summed E-state index contributed by atoms with van der Waals surface area (Å²) in [5.74, 6) is 0.818. The molecular weight excluding hydrogens is 266 g/mol. The minimum Gasteiger partial charge on any atom is -0.490 e. The van der Waals surface area contributed by atoms with E-state index in [0.29, 0.717) is 19.3 Å². The fraction of sp³-hybridized carbons (Fsp3) is 0.647. The first kappa shape index (κ1) is 18.0. The van der Waals surface area contributed by atoms with Crippen molar-refractivity contribution in [2.75, 3.05) is 19.8 Å². The van der Waals surface area contributed by atoms with Crippen molar-refractivity contribution in [2.24, 2.45) is 0 Å². The van der Waals surface area contributed by atoms with Gasteiger partial charge in [-0.25, -0.2) is 0 Å². The fourth-order valence-electron chi connectivity index (χ4n) is 1.80. The number of rotatable bonds is 11. The largest absolute Gasteiger partial charge is 0.490 e. The van der Waals surface area contributed by atoms with Crippen LogP contribution in [0.1, 0.15) is 39.2 Å². The van der Waals surface area contributed by atoms with Crippen molar-refractivity contribution in [2.45, 2.75) is 52.3 Å². The van der Waals surface area contributed by atoms with Gasteiger partial charge in [0, 0.05) is 24.8 Å². The third kappa shape index (κ3) is 8.05. The van der Waals surface area contributed by atoms with Crippen molar-refractivity contribution < 1.29 is 14.6 Å². The maximum Gasteiger partial charge on any atom is 0.123 e. The Morgan fingerprint density at radius 1 is 1.19 bits per heavy atom. The molecule has 0 radical (unpaired) electrons. The van der Waals surface area contributed by atoms with Gasteiger partial charge in [0.1, 0.15) is 18.5 Å². The van der Waals surface area contributed by atoms with E-state index in [1.165, 1.54) is 0 Å². The molecular formula is C17H29NO3. The smallest absolute Gasteiger partial charge is 0.123 e. The van der Waals surface area contributed by atoms with Crippen molar-refractivity contribution in [3.8, 4) is 5.75 Å². The monoisotopic (exact) mass is 295 g/mol. The number of unbranched alkanes of at least 4 members (excludes halogenated alkanes) is 1. The Morgan fingerprint density at radius 2 is 1.95 bits per heavy atom. The van der Waals surface area contributed by atoms with Crippen LogP contribution in [0, 0.1) is 0 Å². The molecule has 4 nitrogen and oxygen atoms in total. The summed E-state index contributed by atoms with van der Waals surface area (Å²) >= 11 is 0. The van der Waals surface area contributed by atoms with Gasteiger partial charge < -0.3 is 19.9 Å². The first-order chi connectivity index (χ1) is 10.1. The van der Waals surface area contributed by atoms with Crippen molar-refractivity contribution in [1.29, 1.82) is 0 Å². The molecule has 0 aliphatic carbocycles. The van der Waals surface area contributed by atoms with E-state index in [2.05, 4.69) is 26.1 Å². The van der Waals surface area contributed by atoms with Gasteiger partial charge in [0.25, 0.3) is 0 Å². The Balaban J connectivity index is 2.36. The predicted octanol–water partition coefficient (Wildman–Crippen LogP) is 2.74. The molecule has 21 heavy (non-hydrogen) atoms. The molecule has 4 heteroatoms. The van der Waals surface area contributed by atoms with E-state index in [1.807, 2.05) is 24.3 Å². The molecule has 0 spiro atoms. The predicted molar refractivity (Wildman–Crippen MR) is 85.6 cm³/mol. The third-order valence-corrected chi connectivity index (χ3v) is 3.06. The molecule has 0 amide bonds. The van der Waals surface area contributed by atoms with Crippen molar-refractivity contribution in [1.82, 2.24) is 5.32 Å². The van der Waals surface area contributed by atoms with Crippen LogP contribution in [0.25, 0.3) is 0 Å². The van der Waals surface area contributed by atoms with Gasteiger partial charge in [0.2, 0.25) is 0 Å². The maximum absolute atomic E-state index is 9.85. The second-order valence-corrected chi connectivity index (χ2v) is 5.54. The molecule has 1 atom stereocenters. The van der Waals surface area contributed by atoms with Gasteiger partial charge in [-0.1, -0.05) is 45.4 Å². The summed E-state index contributed by atoms with van der Waals surface area (Å²) in [4.78, 5) is 0. The molecule has 0 aliphatic heterocycles. The van der Waals surface area contributed by atoms with Gasteiger partial charge in [0.15, 0.2) is 0 Å². The van der Waals surface area contributed by atoms with Crippen LogP contribution in [0.15, 0.2) is 24.3 Å². The molecule has 0 aromatic heterocycles. The zero-order valence-corrected chi connectivity index (χ0v) is 13.5. The lowest BCUT2D eigenvalue weighted by atomic mass is 10.2. The van der Waals surface area contributed by atoms with E-state index in [-0.39, 0.29) is 6.61 Å². The number of para-hydroxylation sites is 1. The van der Waals surface area contributed by atoms with Crippen LogP contribution in [0.4, 0.5) is 0 Å². The van der Waals surface area contributed by atoms with E-state index >= 15 is 0 Å². The number of nitrogens with one attached hydrogen (secondary N) is 1. The van der Waals surface area contributed by atoms with Gasteiger partial charge in [0.05, 0.1) is 6.61 Å². The lowest BCUT2D eigenvalue weighted by Gasteiger charge is -2.16. The minimum atomic E-state index is -0.590. The minimum absolute atomic E-state index is 0.255. The Kier molecular flexibility index (Phi) is 9.06. The molecule has 0 aliphatic rings. The van der Waals surface area contributed by atoms with Gasteiger partial charge in [-0.3, -0.25) is 0 Å². The number of ether oxygens (including phenoxy) is 2. The van der Waals surface area contributed by atoms with Crippen LogP contribution in [0.5, 0.6) is 5.75 Å². The first-order valence-corrected chi connectivity index (χ1v) is 7.83. The summed E-state index contributed by atoms with van der Waals surface area (Å²) in [5, 5.41) is 13.2. The van der Waals surface area contributed by atoms with Gasteiger partial charge in [-0.2, -0.15) is 0 Å². The van der Waals surface area contributed by atoms with E-state index in [0.717, 1.165) is 30.7 Å². The topological polar surface area (TPSA) is 50.7 Å². The zero-order chi connectivity index (χ0) is 15.5. The number of hydrogen-bond acceptors (Lipinski definition) is 4. The standard InChI is InChI=1S/C17H29NO3/c1-4-5-10-20-12-16(19)13-21-17-9-7-6-8-15(17)11-18-14(2)3/h6-9,14,16,18-19H,4-5,10-13H2,1-3H3. The lowest BCUT2D eigenvalue weighted by Crippen LogP contribution is -2.25. The van der Waals surface area contributed by atoms with E-state index in [9.17, 15) is 5.11 Å². The molecule has 1 aromatic rings. The number of benzene rings is 1. The van der Waals surface area contributed by atoms with Gasteiger partial charge >= 0.3 is 0 Å². The normalized spacial score (nSPS) is 12.6. The summed E-state index contributed by atoms with van der Waals surface area (Å²) in [6.45, 7) is 8.38. The molecule has 120 valence electrons. The van der Waals surface area contributed by atoms with Gasteiger partial charge in [-0.05, 0) is 12.5 Å². The second-order valence-electron chi connectivity index (χ2n) is 5.54. The highest BCUT2D eigenvalue weighted by atomic mass is 16.5.